The SMILES string of the molecule is Cc1noc([C@H]2C[C@H]3CN(C(=O)C4CCOCC4)CC[C@@H]3O2)n1. The van der Waals surface area contributed by atoms with Gasteiger partial charge in [-0.3, -0.25) is 4.79 Å². The van der Waals surface area contributed by atoms with Gasteiger partial charge >= 0.3 is 0 Å². The molecule has 1 aromatic rings. The van der Waals surface area contributed by atoms with Crippen LogP contribution in [-0.2, 0) is 14.3 Å². The van der Waals surface area contributed by atoms with Gasteiger partial charge < -0.3 is 18.9 Å². The Kier molecular flexibility index (Phi) is 4.07. The summed E-state index contributed by atoms with van der Waals surface area (Å²) < 4.78 is 16.7. The molecule has 3 aliphatic rings. The first-order valence-electron chi connectivity index (χ1n) is 8.53. The van der Waals surface area contributed by atoms with Crippen LogP contribution in [-0.4, -0.2) is 53.4 Å². The first kappa shape index (κ1) is 15.1. The fourth-order valence-corrected chi connectivity index (χ4v) is 3.96. The average Bonchev–Trinajstić information content (AvgIpc) is 3.20. The molecule has 126 valence electrons. The molecule has 1 aromatic heterocycles. The number of aromatic nitrogens is 2. The number of nitrogens with zero attached hydrogens (tertiary/aromatic N) is 3. The Labute approximate surface area is 135 Å². The minimum Gasteiger partial charge on any atom is -0.381 e. The van der Waals surface area contributed by atoms with E-state index >= 15 is 0 Å². The van der Waals surface area contributed by atoms with E-state index in [1.54, 1.807) is 0 Å². The lowest BCUT2D eigenvalue weighted by Gasteiger charge is -2.36. The van der Waals surface area contributed by atoms with E-state index in [1.165, 1.54) is 0 Å². The van der Waals surface area contributed by atoms with E-state index in [1.807, 2.05) is 11.8 Å². The number of likely N-dealkylation sites (tertiary alicyclic amines) is 1. The van der Waals surface area contributed by atoms with Gasteiger partial charge in [-0.1, -0.05) is 5.16 Å². The summed E-state index contributed by atoms with van der Waals surface area (Å²) in [5, 5.41) is 3.84. The molecular formula is C16H23N3O4. The zero-order valence-electron chi connectivity index (χ0n) is 13.4. The molecule has 0 aliphatic carbocycles. The Hall–Kier alpha value is -1.47. The summed E-state index contributed by atoms with van der Waals surface area (Å²) in [4.78, 5) is 19.0. The maximum atomic E-state index is 12.7. The molecule has 3 atom stereocenters. The van der Waals surface area contributed by atoms with Crippen molar-refractivity contribution in [2.45, 2.75) is 44.8 Å². The van der Waals surface area contributed by atoms with Crippen LogP contribution in [0.2, 0.25) is 0 Å². The monoisotopic (exact) mass is 321 g/mol. The number of hydrogen-bond donors (Lipinski definition) is 0. The summed E-state index contributed by atoms with van der Waals surface area (Å²) in [6, 6.07) is 0. The van der Waals surface area contributed by atoms with Crippen molar-refractivity contribution in [3.8, 4) is 0 Å². The standard InChI is InChI=1S/C16H23N3O4/c1-10-17-15(23-18-10)14-8-12-9-19(5-2-13(12)22-14)16(20)11-3-6-21-7-4-11/h11-14H,2-9H2,1H3/t12-,13-,14+/m0/s1. The Bertz CT molecular complexity index is 569. The van der Waals surface area contributed by atoms with Crippen LogP contribution < -0.4 is 0 Å². The van der Waals surface area contributed by atoms with Crippen molar-refractivity contribution in [2.75, 3.05) is 26.3 Å². The van der Waals surface area contributed by atoms with Crippen LogP contribution in [0.25, 0.3) is 0 Å². The summed E-state index contributed by atoms with van der Waals surface area (Å²) in [6.45, 7) is 4.79. The van der Waals surface area contributed by atoms with E-state index in [9.17, 15) is 4.79 Å². The fraction of sp³-hybridized carbons (Fsp3) is 0.812. The third kappa shape index (κ3) is 2.99. The Balaban J connectivity index is 1.38. The minimum atomic E-state index is -0.121. The predicted octanol–water partition coefficient (Wildman–Crippen LogP) is 1.48. The minimum absolute atomic E-state index is 0.121. The molecule has 0 radical (unpaired) electrons. The van der Waals surface area contributed by atoms with Crippen molar-refractivity contribution in [2.24, 2.45) is 11.8 Å². The van der Waals surface area contributed by atoms with Gasteiger partial charge in [-0.15, -0.1) is 0 Å². The van der Waals surface area contributed by atoms with Gasteiger partial charge in [0.1, 0.15) is 6.10 Å². The molecule has 3 fully saturated rings. The fourth-order valence-electron chi connectivity index (χ4n) is 3.96. The third-order valence-electron chi connectivity index (χ3n) is 5.22. The average molecular weight is 321 g/mol. The molecule has 4 rings (SSSR count). The Morgan fingerprint density at radius 1 is 1.26 bits per heavy atom. The molecular weight excluding hydrogens is 298 g/mol. The molecule has 0 spiro atoms. The summed E-state index contributed by atoms with van der Waals surface area (Å²) in [5.74, 6) is 2.00. The number of rotatable bonds is 2. The topological polar surface area (TPSA) is 77.7 Å². The summed E-state index contributed by atoms with van der Waals surface area (Å²) in [5.41, 5.74) is 0. The van der Waals surface area contributed by atoms with Gasteiger partial charge in [0, 0.05) is 38.1 Å². The number of aryl methyl sites for hydroxylation is 1. The number of piperidine rings is 1. The number of hydrogen-bond acceptors (Lipinski definition) is 6. The number of ether oxygens (including phenoxy) is 2. The second-order valence-electron chi connectivity index (χ2n) is 6.80. The Morgan fingerprint density at radius 3 is 2.83 bits per heavy atom. The van der Waals surface area contributed by atoms with Crippen molar-refractivity contribution in [1.29, 1.82) is 0 Å². The van der Waals surface area contributed by atoms with Gasteiger partial charge in [0.15, 0.2) is 5.82 Å². The summed E-state index contributed by atoms with van der Waals surface area (Å²) in [6.07, 6.45) is 3.52. The van der Waals surface area contributed by atoms with Gasteiger partial charge in [-0.2, -0.15) is 4.98 Å². The van der Waals surface area contributed by atoms with Crippen LogP contribution in [0.15, 0.2) is 4.52 Å². The van der Waals surface area contributed by atoms with Crippen molar-refractivity contribution < 1.29 is 18.8 Å². The molecule has 0 aromatic carbocycles. The summed E-state index contributed by atoms with van der Waals surface area (Å²) in [7, 11) is 0. The van der Waals surface area contributed by atoms with Crippen LogP contribution in [0, 0.1) is 18.8 Å². The van der Waals surface area contributed by atoms with Gasteiger partial charge in [-0.05, 0) is 32.6 Å². The van der Waals surface area contributed by atoms with Crippen molar-refractivity contribution >= 4 is 5.91 Å². The van der Waals surface area contributed by atoms with E-state index in [-0.39, 0.29) is 18.1 Å². The molecule has 0 bridgehead atoms. The first-order chi connectivity index (χ1) is 11.2. The van der Waals surface area contributed by atoms with Crippen LogP contribution in [0.3, 0.4) is 0 Å². The predicted molar refractivity (Wildman–Crippen MR) is 79.5 cm³/mol. The van der Waals surface area contributed by atoms with E-state index < -0.39 is 0 Å². The Morgan fingerprint density at radius 2 is 2.09 bits per heavy atom. The van der Waals surface area contributed by atoms with Crippen LogP contribution in [0.4, 0.5) is 0 Å². The highest BCUT2D eigenvalue weighted by atomic mass is 16.5. The maximum Gasteiger partial charge on any atom is 0.255 e. The van der Waals surface area contributed by atoms with Crippen LogP contribution >= 0.6 is 0 Å². The van der Waals surface area contributed by atoms with Crippen molar-refractivity contribution in [3.63, 3.8) is 0 Å². The molecule has 3 saturated heterocycles. The number of fused-ring (bicyclic) bond motifs is 1. The smallest absolute Gasteiger partial charge is 0.255 e. The van der Waals surface area contributed by atoms with Crippen molar-refractivity contribution in [3.05, 3.63) is 11.7 Å². The van der Waals surface area contributed by atoms with Gasteiger partial charge in [0.05, 0.1) is 6.10 Å². The highest BCUT2D eigenvalue weighted by molar-refractivity contribution is 5.79. The first-order valence-corrected chi connectivity index (χ1v) is 8.53. The quantitative estimate of drug-likeness (QED) is 0.821. The lowest BCUT2D eigenvalue weighted by atomic mass is 9.90. The van der Waals surface area contributed by atoms with Gasteiger partial charge in [-0.25, -0.2) is 0 Å². The largest absolute Gasteiger partial charge is 0.381 e. The molecule has 4 heterocycles. The number of amides is 1. The molecule has 0 unspecified atom stereocenters. The molecule has 7 heteroatoms. The maximum absolute atomic E-state index is 12.7. The van der Waals surface area contributed by atoms with E-state index in [4.69, 9.17) is 14.0 Å². The lowest BCUT2D eigenvalue weighted by molar-refractivity contribution is -0.141. The second-order valence-corrected chi connectivity index (χ2v) is 6.80. The van der Waals surface area contributed by atoms with E-state index in [0.717, 1.165) is 38.8 Å². The normalized spacial score (nSPS) is 32.0. The molecule has 0 saturated carbocycles. The number of carbonyl (C=O) groups excluding carboxylic acids is 1. The van der Waals surface area contributed by atoms with Crippen LogP contribution in [0.1, 0.15) is 43.5 Å². The van der Waals surface area contributed by atoms with Gasteiger partial charge in [0.25, 0.3) is 5.89 Å². The lowest BCUT2D eigenvalue weighted by Crippen LogP contribution is -2.47. The van der Waals surface area contributed by atoms with Crippen molar-refractivity contribution in [1.82, 2.24) is 15.0 Å². The number of carbonyl (C=O) groups is 1. The second kappa shape index (κ2) is 6.20. The highest BCUT2D eigenvalue weighted by Gasteiger charge is 2.43. The molecule has 7 nitrogen and oxygen atoms in total. The summed E-state index contributed by atoms with van der Waals surface area (Å²) >= 11 is 0. The molecule has 0 N–H and O–H groups in total. The zero-order valence-corrected chi connectivity index (χ0v) is 13.4. The van der Waals surface area contributed by atoms with Gasteiger partial charge in [0.2, 0.25) is 5.91 Å². The van der Waals surface area contributed by atoms with Crippen LogP contribution in [0.5, 0.6) is 0 Å². The van der Waals surface area contributed by atoms with E-state index in [0.29, 0.717) is 36.8 Å². The molecule has 1 amide bonds. The zero-order chi connectivity index (χ0) is 15.8. The highest BCUT2D eigenvalue weighted by Crippen LogP contribution is 2.40. The van der Waals surface area contributed by atoms with E-state index in [2.05, 4.69) is 10.1 Å². The third-order valence-corrected chi connectivity index (χ3v) is 5.22. The molecule has 23 heavy (non-hydrogen) atoms. The molecule has 3 aliphatic heterocycles.